The zero-order chi connectivity index (χ0) is 21.5. The molecule has 1 amide bonds. The first-order valence-corrected chi connectivity index (χ1v) is 10.7. The SMILES string of the molecule is C#CC(=O)N(c1ccc(OC2CC3(CC(OC)C3)C2)c(Cl)c1)C1(C(=O)O)CCCC1. The van der Waals surface area contributed by atoms with Gasteiger partial charge in [0.15, 0.2) is 0 Å². The van der Waals surface area contributed by atoms with Crippen LogP contribution in [0.15, 0.2) is 18.2 Å². The maximum absolute atomic E-state index is 12.5. The number of carboxylic acid groups (broad SMARTS) is 1. The number of benzene rings is 1. The molecule has 1 aromatic rings. The second-order valence-corrected chi connectivity index (χ2v) is 9.26. The van der Waals surface area contributed by atoms with E-state index in [0.29, 0.717) is 40.8 Å². The first kappa shape index (κ1) is 21.0. The lowest BCUT2D eigenvalue weighted by molar-refractivity contribution is -0.144. The Hall–Kier alpha value is -2.23. The highest BCUT2D eigenvalue weighted by Crippen LogP contribution is 2.57. The number of hydrogen-bond acceptors (Lipinski definition) is 4. The summed E-state index contributed by atoms with van der Waals surface area (Å²) in [4.78, 5) is 25.9. The zero-order valence-corrected chi connectivity index (χ0v) is 17.8. The molecule has 6 nitrogen and oxygen atoms in total. The van der Waals surface area contributed by atoms with E-state index in [1.807, 2.05) is 0 Å². The van der Waals surface area contributed by atoms with Crippen molar-refractivity contribution in [3.05, 3.63) is 23.2 Å². The third kappa shape index (κ3) is 3.44. The number of carboxylic acids is 1. The number of carbonyl (C=O) groups excluding carboxylic acids is 1. The van der Waals surface area contributed by atoms with Gasteiger partial charge in [0.1, 0.15) is 11.3 Å². The van der Waals surface area contributed by atoms with Crippen LogP contribution in [0.5, 0.6) is 5.75 Å². The van der Waals surface area contributed by atoms with Crippen molar-refractivity contribution in [3.8, 4) is 18.1 Å². The van der Waals surface area contributed by atoms with Gasteiger partial charge in [0.25, 0.3) is 0 Å². The number of carbonyl (C=O) groups is 2. The van der Waals surface area contributed by atoms with Gasteiger partial charge >= 0.3 is 11.9 Å². The number of halogens is 1. The van der Waals surface area contributed by atoms with Gasteiger partial charge in [-0.3, -0.25) is 9.69 Å². The number of terminal acetylenes is 1. The average Bonchev–Trinajstić information content (AvgIpc) is 3.15. The quantitative estimate of drug-likeness (QED) is 0.688. The van der Waals surface area contributed by atoms with Crippen molar-refractivity contribution in [1.29, 1.82) is 0 Å². The summed E-state index contributed by atoms with van der Waals surface area (Å²) in [7, 11) is 1.75. The summed E-state index contributed by atoms with van der Waals surface area (Å²) in [5.74, 6) is 0.883. The molecule has 30 heavy (non-hydrogen) atoms. The molecule has 3 aliphatic carbocycles. The molecule has 0 aliphatic heterocycles. The Morgan fingerprint density at radius 1 is 1.20 bits per heavy atom. The zero-order valence-electron chi connectivity index (χ0n) is 17.0. The van der Waals surface area contributed by atoms with Crippen LogP contribution in [0.1, 0.15) is 51.4 Å². The van der Waals surface area contributed by atoms with Crippen LogP contribution in [-0.2, 0) is 14.3 Å². The number of hydrogen-bond donors (Lipinski definition) is 1. The Labute approximate surface area is 181 Å². The minimum Gasteiger partial charge on any atom is -0.489 e. The van der Waals surface area contributed by atoms with E-state index in [0.717, 1.165) is 38.5 Å². The molecule has 0 atom stereocenters. The standard InChI is InChI=1S/C23H26ClNO5/c1-3-20(26)25(23(21(27)28)8-4-5-9-23)15-6-7-19(18(24)10-15)30-17-13-22(14-17)11-16(12-22)29-2/h1,6-7,10,16-17H,4-5,8-9,11-14H2,2H3,(H,27,28). The molecule has 1 spiro atoms. The third-order valence-corrected chi connectivity index (χ3v) is 7.32. The molecule has 3 fully saturated rings. The van der Waals surface area contributed by atoms with E-state index in [1.54, 1.807) is 25.3 Å². The predicted octanol–water partition coefficient (Wildman–Crippen LogP) is 4.04. The molecule has 3 aliphatic rings. The average molecular weight is 432 g/mol. The summed E-state index contributed by atoms with van der Waals surface area (Å²) >= 11 is 6.46. The lowest BCUT2D eigenvalue weighted by Crippen LogP contribution is -2.55. The van der Waals surface area contributed by atoms with Gasteiger partial charge in [-0.25, -0.2) is 4.79 Å². The highest BCUT2D eigenvalue weighted by atomic mass is 35.5. The second-order valence-electron chi connectivity index (χ2n) is 8.86. The summed E-state index contributed by atoms with van der Waals surface area (Å²) in [5.41, 5.74) is -0.603. The molecule has 160 valence electrons. The van der Waals surface area contributed by atoms with Crippen LogP contribution in [0.25, 0.3) is 0 Å². The summed E-state index contributed by atoms with van der Waals surface area (Å²) < 4.78 is 11.4. The Morgan fingerprint density at radius 3 is 2.37 bits per heavy atom. The molecule has 0 saturated heterocycles. The minimum atomic E-state index is -1.34. The summed E-state index contributed by atoms with van der Waals surface area (Å²) in [5, 5.41) is 10.2. The molecule has 0 aromatic heterocycles. The van der Waals surface area contributed by atoms with Crippen molar-refractivity contribution in [1.82, 2.24) is 0 Å². The lowest BCUT2D eigenvalue weighted by Gasteiger charge is -2.56. The monoisotopic (exact) mass is 431 g/mol. The van der Waals surface area contributed by atoms with Crippen LogP contribution in [0, 0.1) is 17.8 Å². The maximum Gasteiger partial charge on any atom is 0.330 e. The fourth-order valence-electron chi connectivity index (χ4n) is 5.42. The molecular formula is C23H26ClNO5. The van der Waals surface area contributed by atoms with Gasteiger partial charge in [0.2, 0.25) is 0 Å². The number of nitrogens with zero attached hydrogens (tertiary/aromatic N) is 1. The second kappa shape index (κ2) is 7.79. The van der Waals surface area contributed by atoms with E-state index in [4.69, 9.17) is 27.5 Å². The van der Waals surface area contributed by atoms with Crippen LogP contribution < -0.4 is 9.64 Å². The smallest absolute Gasteiger partial charge is 0.330 e. The van der Waals surface area contributed by atoms with E-state index < -0.39 is 17.4 Å². The number of rotatable bonds is 6. The summed E-state index contributed by atoms with van der Waals surface area (Å²) in [6.45, 7) is 0. The highest BCUT2D eigenvalue weighted by molar-refractivity contribution is 6.32. The number of amides is 1. The maximum atomic E-state index is 12.5. The van der Waals surface area contributed by atoms with Gasteiger partial charge in [-0.1, -0.05) is 24.4 Å². The first-order chi connectivity index (χ1) is 14.3. The number of methoxy groups -OCH3 is 1. The van der Waals surface area contributed by atoms with Gasteiger partial charge in [-0.2, -0.15) is 0 Å². The van der Waals surface area contributed by atoms with Crippen molar-refractivity contribution in [2.45, 2.75) is 69.1 Å². The normalized spacial score (nSPS) is 28.8. The van der Waals surface area contributed by atoms with E-state index in [1.165, 1.54) is 4.90 Å². The Kier molecular flexibility index (Phi) is 5.46. The largest absolute Gasteiger partial charge is 0.489 e. The third-order valence-electron chi connectivity index (χ3n) is 7.03. The molecule has 4 rings (SSSR count). The van der Waals surface area contributed by atoms with Crippen molar-refractivity contribution in [2.75, 3.05) is 12.0 Å². The first-order valence-electron chi connectivity index (χ1n) is 10.4. The molecule has 1 N–H and O–H groups in total. The lowest BCUT2D eigenvalue weighted by atomic mass is 9.53. The topological polar surface area (TPSA) is 76.1 Å². The Bertz CT molecular complexity index is 887. The number of anilines is 1. The van der Waals surface area contributed by atoms with Gasteiger partial charge < -0.3 is 14.6 Å². The molecule has 0 bridgehead atoms. The molecule has 0 unspecified atom stereocenters. The van der Waals surface area contributed by atoms with Gasteiger partial charge in [-0.15, -0.1) is 6.42 Å². The van der Waals surface area contributed by atoms with Crippen LogP contribution >= 0.6 is 11.6 Å². The fourth-order valence-corrected chi connectivity index (χ4v) is 5.64. The van der Waals surface area contributed by atoms with E-state index >= 15 is 0 Å². The van der Waals surface area contributed by atoms with Gasteiger partial charge in [0.05, 0.1) is 17.2 Å². The van der Waals surface area contributed by atoms with Crippen LogP contribution in [-0.4, -0.2) is 41.8 Å². The predicted molar refractivity (Wildman–Crippen MR) is 113 cm³/mol. The van der Waals surface area contributed by atoms with Gasteiger partial charge in [0, 0.05) is 12.8 Å². The molecule has 7 heteroatoms. The molecule has 1 aromatic carbocycles. The summed E-state index contributed by atoms with van der Waals surface area (Å²) in [6, 6.07) is 4.94. The number of ether oxygens (including phenoxy) is 2. The molecule has 0 heterocycles. The van der Waals surface area contributed by atoms with E-state index in [-0.39, 0.29) is 6.10 Å². The molecule has 3 saturated carbocycles. The van der Waals surface area contributed by atoms with Crippen molar-refractivity contribution in [3.63, 3.8) is 0 Å². The van der Waals surface area contributed by atoms with Crippen molar-refractivity contribution >= 4 is 29.2 Å². The Morgan fingerprint density at radius 2 is 1.83 bits per heavy atom. The van der Waals surface area contributed by atoms with Crippen molar-refractivity contribution < 1.29 is 24.2 Å². The fraction of sp³-hybridized carbons (Fsp3) is 0.565. The highest BCUT2D eigenvalue weighted by Gasteiger charge is 2.54. The van der Waals surface area contributed by atoms with E-state index in [2.05, 4.69) is 5.92 Å². The minimum absolute atomic E-state index is 0.106. The van der Waals surface area contributed by atoms with Crippen molar-refractivity contribution in [2.24, 2.45) is 5.41 Å². The number of aliphatic carboxylic acids is 1. The van der Waals surface area contributed by atoms with E-state index in [9.17, 15) is 14.7 Å². The van der Waals surface area contributed by atoms with Crippen LogP contribution in [0.3, 0.4) is 0 Å². The molecule has 0 radical (unpaired) electrons. The van der Waals surface area contributed by atoms with Gasteiger partial charge in [-0.05, 0) is 68.1 Å². The summed E-state index contributed by atoms with van der Waals surface area (Å²) in [6.07, 6.45) is 12.1. The Balaban J connectivity index is 1.51. The van der Waals surface area contributed by atoms with Crippen LogP contribution in [0.2, 0.25) is 5.02 Å². The molecular weight excluding hydrogens is 406 g/mol. The van der Waals surface area contributed by atoms with Crippen LogP contribution in [0.4, 0.5) is 5.69 Å².